The van der Waals surface area contributed by atoms with Crippen LogP contribution in [0.4, 0.5) is 4.79 Å². The van der Waals surface area contributed by atoms with Gasteiger partial charge in [0.2, 0.25) is 0 Å². The van der Waals surface area contributed by atoms with Crippen molar-refractivity contribution in [1.29, 1.82) is 0 Å². The summed E-state index contributed by atoms with van der Waals surface area (Å²) in [6, 6.07) is 5.00. The molecule has 1 saturated carbocycles. The Kier molecular flexibility index (Phi) is 5.81. The van der Waals surface area contributed by atoms with E-state index in [4.69, 9.17) is 14.2 Å². The molecule has 0 saturated heterocycles. The van der Waals surface area contributed by atoms with Crippen molar-refractivity contribution >= 4 is 11.9 Å². The van der Waals surface area contributed by atoms with Crippen LogP contribution in [0.15, 0.2) is 18.2 Å². The number of benzene rings is 1. The normalized spacial score (nSPS) is 23.3. The molecule has 0 heterocycles. The summed E-state index contributed by atoms with van der Waals surface area (Å²) in [6.07, 6.45) is -0.601. The molecule has 1 amide bonds. The SMILES string of the molecule is COc1cc(OC)cc(C2(NC(=O)OC(C)(C)C)CCCC(O)C2=O)c1. The second-order valence-electron chi connectivity index (χ2n) is 7.41. The quantitative estimate of drug-likeness (QED) is 0.852. The molecule has 2 N–H and O–H groups in total. The maximum Gasteiger partial charge on any atom is 0.408 e. The van der Waals surface area contributed by atoms with Crippen molar-refractivity contribution in [2.75, 3.05) is 14.2 Å². The number of aliphatic hydroxyl groups is 1. The van der Waals surface area contributed by atoms with Crippen molar-refractivity contribution in [3.63, 3.8) is 0 Å². The van der Waals surface area contributed by atoms with Gasteiger partial charge in [-0.3, -0.25) is 4.79 Å². The fraction of sp³-hybridized carbons (Fsp3) is 0.579. The summed E-state index contributed by atoms with van der Waals surface area (Å²) in [6.45, 7) is 5.22. The van der Waals surface area contributed by atoms with E-state index in [0.29, 0.717) is 36.3 Å². The van der Waals surface area contributed by atoms with Crippen molar-refractivity contribution in [3.8, 4) is 11.5 Å². The molecule has 1 aromatic carbocycles. The highest BCUT2D eigenvalue weighted by Crippen LogP contribution is 2.38. The summed E-state index contributed by atoms with van der Waals surface area (Å²) in [4.78, 5) is 25.4. The highest BCUT2D eigenvalue weighted by molar-refractivity contribution is 5.96. The minimum Gasteiger partial charge on any atom is -0.497 e. The molecule has 0 aliphatic heterocycles. The van der Waals surface area contributed by atoms with E-state index < -0.39 is 29.1 Å². The zero-order valence-electron chi connectivity index (χ0n) is 15.9. The summed E-state index contributed by atoms with van der Waals surface area (Å²) in [5, 5.41) is 12.9. The first-order chi connectivity index (χ1) is 12.1. The predicted octanol–water partition coefficient (Wildman–Crippen LogP) is 2.54. The van der Waals surface area contributed by atoms with Gasteiger partial charge in [-0.15, -0.1) is 0 Å². The van der Waals surface area contributed by atoms with Gasteiger partial charge in [0.1, 0.15) is 28.7 Å². The summed E-state index contributed by atoms with van der Waals surface area (Å²) in [5.74, 6) is 0.500. The third-order valence-corrected chi connectivity index (χ3v) is 4.31. The fourth-order valence-electron chi connectivity index (χ4n) is 3.11. The molecule has 1 aliphatic carbocycles. The number of aliphatic hydroxyl groups excluding tert-OH is 1. The van der Waals surface area contributed by atoms with Crippen molar-refractivity contribution in [2.24, 2.45) is 0 Å². The standard InChI is InChI=1S/C19H27NO6/c1-18(2,3)26-17(23)20-19(8-6-7-15(21)16(19)22)12-9-13(24-4)11-14(10-12)25-5/h9-11,15,21H,6-8H2,1-5H3,(H,20,23). The average Bonchev–Trinajstić information content (AvgIpc) is 2.56. The van der Waals surface area contributed by atoms with Gasteiger partial charge in [-0.1, -0.05) is 0 Å². The number of ether oxygens (including phenoxy) is 3. The first kappa shape index (κ1) is 20.0. The third kappa shape index (κ3) is 4.27. The van der Waals surface area contributed by atoms with E-state index in [1.54, 1.807) is 39.0 Å². The van der Waals surface area contributed by atoms with Crippen LogP contribution in [0, 0.1) is 0 Å². The van der Waals surface area contributed by atoms with E-state index in [2.05, 4.69) is 5.32 Å². The first-order valence-corrected chi connectivity index (χ1v) is 8.58. The molecule has 7 heteroatoms. The molecular weight excluding hydrogens is 338 g/mol. The van der Waals surface area contributed by atoms with Gasteiger partial charge in [-0.2, -0.15) is 0 Å². The van der Waals surface area contributed by atoms with Crippen LogP contribution >= 0.6 is 0 Å². The van der Waals surface area contributed by atoms with Gasteiger partial charge in [-0.25, -0.2) is 4.79 Å². The van der Waals surface area contributed by atoms with Gasteiger partial charge in [-0.05, 0) is 57.7 Å². The number of nitrogens with one attached hydrogen (secondary N) is 1. The minimum absolute atomic E-state index is 0.346. The Morgan fingerprint density at radius 2 is 1.77 bits per heavy atom. The number of hydrogen-bond donors (Lipinski definition) is 2. The third-order valence-electron chi connectivity index (χ3n) is 4.31. The van der Waals surface area contributed by atoms with Gasteiger partial charge in [0.15, 0.2) is 5.78 Å². The lowest BCUT2D eigenvalue weighted by Crippen LogP contribution is -2.58. The Morgan fingerprint density at radius 1 is 1.19 bits per heavy atom. The molecule has 1 aliphatic rings. The maximum atomic E-state index is 12.9. The number of ketones is 1. The van der Waals surface area contributed by atoms with Crippen molar-refractivity contribution < 1.29 is 28.9 Å². The predicted molar refractivity (Wildman–Crippen MR) is 95.5 cm³/mol. The van der Waals surface area contributed by atoms with Crippen LogP contribution in [-0.4, -0.2) is 42.9 Å². The monoisotopic (exact) mass is 365 g/mol. The smallest absolute Gasteiger partial charge is 0.408 e. The largest absolute Gasteiger partial charge is 0.497 e. The zero-order valence-corrected chi connectivity index (χ0v) is 15.9. The lowest BCUT2D eigenvalue weighted by molar-refractivity contribution is -0.138. The number of Topliss-reactive ketones (excluding diaryl/α,β-unsaturated/α-hetero) is 1. The topological polar surface area (TPSA) is 94.1 Å². The second kappa shape index (κ2) is 7.53. The van der Waals surface area contributed by atoms with Gasteiger partial charge in [0.25, 0.3) is 0 Å². The zero-order chi connectivity index (χ0) is 19.5. The molecule has 2 unspecified atom stereocenters. The van der Waals surface area contributed by atoms with Gasteiger partial charge in [0, 0.05) is 6.07 Å². The van der Waals surface area contributed by atoms with Crippen molar-refractivity contribution in [3.05, 3.63) is 23.8 Å². The molecule has 2 atom stereocenters. The number of alkyl carbamates (subject to hydrolysis) is 1. The molecule has 0 aromatic heterocycles. The Balaban J connectivity index is 2.51. The molecule has 2 rings (SSSR count). The van der Waals surface area contributed by atoms with Crippen LogP contribution in [-0.2, 0) is 15.1 Å². The van der Waals surface area contributed by atoms with Crippen LogP contribution in [0.2, 0.25) is 0 Å². The van der Waals surface area contributed by atoms with Crippen LogP contribution in [0.3, 0.4) is 0 Å². The van der Waals surface area contributed by atoms with Crippen molar-refractivity contribution in [1.82, 2.24) is 5.32 Å². The molecule has 26 heavy (non-hydrogen) atoms. The van der Waals surface area contributed by atoms with Crippen molar-refractivity contribution in [2.45, 2.75) is 57.3 Å². The molecule has 0 radical (unpaired) electrons. The molecule has 0 bridgehead atoms. The summed E-state index contributed by atoms with van der Waals surface area (Å²) in [7, 11) is 3.01. The highest BCUT2D eigenvalue weighted by Gasteiger charge is 2.48. The number of carbonyl (C=O) groups excluding carboxylic acids is 2. The van der Waals surface area contributed by atoms with Crippen LogP contribution in [0.25, 0.3) is 0 Å². The number of rotatable bonds is 4. The first-order valence-electron chi connectivity index (χ1n) is 8.58. The summed E-state index contributed by atoms with van der Waals surface area (Å²) < 4.78 is 15.9. The van der Waals surface area contributed by atoms with Crippen LogP contribution in [0.5, 0.6) is 11.5 Å². The minimum atomic E-state index is -1.40. The molecular formula is C19H27NO6. The summed E-state index contributed by atoms with van der Waals surface area (Å²) >= 11 is 0. The van der Waals surface area contributed by atoms with E-state index in [0.717, 1.165) is 0 Å². The lowest BCUT2D eigenvalue weighted by atomic mass is 9.74. The van der Waals surface area contributed by atoms with Gasteiger partial charge >= 0.3 is 6.09 Å². The van der Waals surface area contributed by atoms with Gasteiger partial charge < -0.3 is 24.6 Å². The average molecular weight is 365 g/mol. The number of hydrogen-bond acceptors (Lipinski definition) is 6. The fourth-order valence-corrected chi connectivity index (χ4v) is 3.11. The van der Waals surface area contributed by atoms with E-state index in [-0.39, 0.29) is 0 Å². The number of carbonyl (C=O) groups is 2. The Labute approximate surface area is 153 Å². The second-order valence-corrected chi connectivity index (χ2v) is 7.41. The Morgan fingerprint density at radius 3 is 2.27 bits per heavy atom. The van der Waals surface area contributed by atoms with E-state index in [9.17, 15) is 14.7 Å². The molecule has 1 fully saturated rings. The summed E-state index contributed by atoms with van der Waals surface area (Å²) in [5.41, 5.74) is -1.63. The molecule has 1 aromatic rings. The maximum absolute atomic E-state index is 12.9. The van der Waals surface area contributed by atoms with E-state index >= 15 is 0 Å². The van der Waals surface area contributed by atoms with E-state index in [1.807, 2.05) is 0 Å². The Bertz CT molecular complexity index is 659. The van der Waals surface area contributed by atoms with Crippen LogP contribution < -0.4 is 14.8 Å². The highest BCUT2D eigenvalue weighted by atomic mass is 16.6. The van der Waals surface area contributed by atoms with E-state index in [1.165, 1.54) is 14.2 Å². The number of methoxy groups -OCH3 is 2. The molecule has 0 spiro atoms. The molecule has 144 valence electrons. The van der Waals surface area contributed by atoms with Crippen LogP contribution in [0.1, 0.15) is 45.6 Å². The van der Waals surface area contributed by atoms with Gasteiger partial charge in [0.05, 0.1) is 14.2 Å². The molecule has 7 nitrogen and oxygen atoms in total. The Hall–Kier alpha value is -2.28. The lowest BCUT2D eigenvalue weighted by Gasteiger charge is -2.39. The number of amides is 1.